The van der Waals surface area contributed by atoms with Crippen LogP contribution in [0, 0.1) is 6.92 Å². The number of aromatic nitrogens is 1. The molecule has 0 radical (unpaired) electrons. The molecule has 0 spiro atoms. The molecular formula is C17H20N2O3S. The summed E-state index contributed by atoms with van der Waals surface area (Å²) < 4.78 is 32.9. The summed E-state index contributed by atoms with van der Waals surface area (Å²) in [4.78, 5) is 4.29. The van der Waals surface area contributed by atoms with E-state index in [1.54, 1.807) is 36.7 Å². The van der Waals surface area contributed by atoms with Crippen molar-refractivity contribution >= 4 is 10.0 Å². The maximum absolute atomic E-state index is 12.8. The second-order valence-electron chi connectivity index (χ2n) is 5.74. The highest BCUT2D eigenvalue weighted by Crippen LogP contribution is 2.23. The van der Waals surface area contributed by atoms with E-state index in [1.807, 2.05) is 19.1 Å². The molecule has 5 nitrogen and oxygen atoms in total. The SMILES string of the molecule is Cc1ccc(S(=O)(=O)N2CCCC(Oc3ccncc3)C2)cc1. The molecule has 2 aromatic rings. The molecule has 1 unspecified atom stereocenters. The maximum Gasteiger partial charge on any atom is 0.243 e. The van der Waals surface area contributed by atoms with Crippen LogP contribution in [0.2, 0.25) is 0 Å². The van der Waals surface area contributed by atoms with Gasteiger partial charge in [-0.05, 0) is 44.0 Å². The minimum atomic E-state index is -3.46. The molecule has 2 heterocycles. The predicted octanol–water partition coefficient (Wildman–Crippen LogP) is 2.62. The van der Waals surface area contributed by atoms with E-state index in [0.717, 1.165) is 24.2 Å². The number of hydrogen-bond acceptors (Lipinski definition) is 4. The van der Waals surface area contributed by atoms with Gasteiger partial charge in [-0.25, -0.2) is 8.42 Å². The van der Waals surface area contributed by atoms with Crippen molar-refractivity contribution in [3.05, 3.63) is 54.4 Å². The third-order valence-electron chi connectivity index (χ3n) is 3.95. The van der Waals surface area contributed by atoms with E-state index in [1.165, 1.54) is 4.31 Å². The molecule has 0 saturated carbocycles. The number of rotatable bonds is 4. The van der Waals surface area contributed by atoms with Gasteiger partial charge in [0.1, 0.15) is 11.9 Å². The molecule has 0 aliphatic carbocycles. The van der Waals surface area contributed by atoms with E-state index in [9.17, 15) is 8.42 Å². The zero-order valence-corrected chi connectivity index (χ0v) is 13.9. The number of aryl methyl sites for hydroxylation is 1. The fourth-order valence-electron chi connectivity index (χ4n) is 2.69. The first-order valence-corrected chi connectivity index (χ1v) is 9.13. The van der Waals surface area contributed by atoms with E-state index < -0.39 is 10.0 Å². The van der Waals surface area contributed by atoms with E-state index in [-0.39, 0.29) is 6.10 Å². The minimum Gasteiger partial charge on any atom is -0.489 e. The van der Waals surface area contributed by atoms with Crippen molar-refractivity contribution in [1.29, 1.82) is 0 Å². The van der Waals surface area contributed by atoms with Gasteiger partial charge >= 0.3 is 0 Å². The summed E-state index contributed by atoms with van der Waals surface area (Å²) in [6.45, 7) is 2.85. The molecule has 1 aliphatic rings. The van der Waals surface area contributed by atoms with Crippen LogP contribution in [0.1, 0.15) is 18.4 Å². The molecule has 3 rings (SSSR count). The van der Waals surface area contributed by atoms with Gasteiger partial charge in [0.15, 0.2) is 0 Å². The van der Waals surface area contributed by atoms with E-state index in [2.05, 4.69) is 4.98 Å². The normalized spacial score (nSPS) is 19.4. The molecule has 0 N–H and O–H groups in total. The second-order valence-corrected chi connectivity index (χ2v) is 7.68. The van der Waals surface area contributed by atoms with E-state index in [0.29, 0.717) is 18.0 Å². The lowest BCUT2D eigenvalue weighted by Crippen LogP contribution is -2.44. The van der Waals surface area contributed by atoms with E-state index >= 15 is 0 Å². The molecule has 1 atom stereocenters. The quantitative estimate of drug-likeness (QED) is 0.863. The zero-order chi connectivity index (χ0) is 16.3. The lowest BCUT2D eigenvalue weighted by Gasteiger charge is -2.32. The average molecular weight is 332 g/mol. The molecule has 6 heteroatoms. The van der Waals surface area contributed by atoms with Crippen LogP contribution in [0.4, 0.5) is 0 Å². The van der Waals surface area contributed by atoms with Crippen LogP contribution in [-0.2, 0) is 10.0 Å². The Morgan fingerprint density at radius 1 is 1.13 bits per heavy atom. The number of hydrogen-bond donors (Lipinski definition) is 0. The van der Waals surface area contributed by atoms with Crippen LogP contribution in [0.15, 0.2) is 53.7 Å². The summed E-state index contributed by atoms with van der Waals surface area (Å²) in [6, 6.07) is 10.5. The highest BCUT2D eigenvalue weighted by Gasteiger charge is 2.31. The fourth-order valence-corrected chi connectivity index (χ4v) is 4.20. The Morgan fingerprint density at radius 2 is 1.83 bits per heavy atom. The van der Waals surface area contributed by atoms with Gasteiger partial charge in [-0.2, -0.15) is 4.31 Å². The molecule has 1 aliphatic heterocycles. The Balaban J connectivity index is 1.74. The summed E-state index contributed by atoms with van der Waals surface area (Å²) in [5.74, 6) is 0.722. The highest BCUT2D eigenvalue weighted by atomic mass is 32.2. The van der Waals surface area contributed by atoms with Gasteiger partial charge in [0.05, 0.1) is 11.4 Å². The van der Waals surface area contributed by atoms with Gasteiger partial charge in [0.2, 0.25) is 10.0 Å². The van der Waals surface area contributed by atoms with Crippen molar-refractivity contribution in [2.24, 2.45) is 0 Å². The minimum absolute atomic E-state index is 0.133. The molecule has 0 amide bonds. The Hall–Kier alpha value is -1.92. The molecule has 122 valence electrons. The maximum atomic E-state index is 12.8. The lowest BCUT2D eigenvalue weighted by atomic mass is 10.1. The van der Waals surface area contributed by atoms with Crippen LogP contribution in [0.25, 0.3) is 0 Å². The van der Waals surface area contributed by atoms with Gasteiger partial charge in [-0.1, -0.05) is 17.7 Å². The smallest absolute Gasteiger partial charge is 0.243 e. The third-order valence-corrected chi connectivity index (χ3v) is 5.83. The topological polar surface area (TPSA) is 59.5 Å². The second kappa shape index (κ2) is 6.68. The monoisotopic (exact) mass is 332 g/mol. The van der Waals surface area contributed by atoms with Crippen molar-refractivity contribution in [2.75, 3.05) is 13.1 Å². The standard InChI is InChI=1S/C17H20N2O3S/c1-14-4-6-17(7-5-14)23(20,21)19-12-2-3-16(13-19)22-15-8-10-18-11-9-15/h4-11,16H,2-3,12-13H2,1H3. The first kappa shape index (κ1) is 16.0. The van der Waals surface area contributed by atoms with E-state index in [4.69, 9.17) is 4.74 Å². The molecule has 0 bridgehead atoms. The Bertz CT molecular complexity index is 745. The number of piperidine rings is 1. The van der Waals surface area contributed by atoms with Crippen molar-refractivity contribution < 1.29 is 13.2 Å². The molecule has 1 saturated heterocycles. The van der Waals surface area contributed by atoms with Crippen LogP contribution >= 0.6 is 0 Å². The van der Waals surface area contributed by atoms with Gasteiger partial charge in [0, 0.05) is 18.9 Å². The average Bonchev–Trinajstić information content (AvgIpc) is 2.56. The third kappa shape index (κ3) is 3.71. The van der Waals surface area contributed by atoms with Gasteiger partial charge in [-0.3, -0.25) is 4.98 Å². The summed E-state index contributed by atoms with van der Waals surface area (Å²) in [6.07, 6.45) is 4.84. The van der Waals surface area contributed by atoms with Gasteiger partial charge in [-0.15, -0.1) is 0 Å². The zero-order valence-electron chi connectivity index (χ0n) is 13.1. The first-order valence-electron chi connectivity index (χ1n) is 7.69. The lowest BCUT2D eigenvalue weighted by molar-refractivity contribution is 0.129. The number of nitrogens with zero attached hydrogens (tertiary/aromatic N) is 2. The summed E-state index contributed by atoms with van der Waals surface area (Å²) in [5.41, 5.74) is 1.04. The summed E-state index contributed by atoms with van der Waals surface area (Å²) in [5, 5.41) is 0. The predicted molar refractivity (Wildman–Crippen MR) is 87.8 cm³/mol. The summed E-state index contributed by atoms with van der Waals surface area (Å²) in [7, 11) is -3.46. The van der Waals surface area contributed by atoms with Crippen LogP contribution in [-0.4, -0.2) is 36.9 Å². The highest BCUT2D eigenvalue weighted by molar-refractivity contribution is 7.89. The Kier molecular flexibility index (Phi) is 4.63. The Labute approximate surface area is 137 Å². The molecule has 1 fully saturated rings. The fraction of sp³-hybridized carbons (Fsp3) is 0.353. The van der Waals surface area contributed by atoms with Crippen LogP contribution < -0.4 is 4.74 Å². The molecule has 1 aromatic carbocycles. The molecular weight excluding hydrogens is 312 g/mol. The van der Waals surface area contributed by atoms with Crippen molar-refractivity contribution in [3.8, 4) is 5.75 Å². The number of sulfonamides is 1. The number of ether oxygens (including phenoxy) is 1. The van der Waals surface area contributed by atoms with Crippen molar-refractivity contribution in [1.82, 2.24) is 9.29 Å². The number of benzene rings is 1. The molecule has 23 heavy (non-hydrogen) atoms. The largest absolute Gasteiger partial charge is 0.489 e. The van der Waals surface area contributed by atoms with Crippen molar-refractivity contribution in [2.45, 2.75) is 30.8 Å². The van der Waals surface area contributed by atoms with Crippen molar-refractivity contribution in [3.63, 3.8) is 0 Å². The van der Waals surface area contributed by atoms with Crippen LogP contribution in [0.5, 0.6) is 5.75 Å². The molecule has 1 aromatic heterocycles. The van der Waals surface area contributed by atoms with Gasteiger partial charge in [0.25, 0.3) is 0 Å². The summed E-state index contributed by atoms with van der Waals surface area (Å²) >= 11 is 0. The van der Waals surface area contributed by atoms with Crippen LogP contribution in [0.3, 0.4) is 0 Å². The number of pyridine rings is 1. The first-order chi connectivity index (χ1) is 11.1. The Morgan fingerprint density at radius 3 is 2.52 bits per heavy atom. The van der Waals surface area contributed by atoms with Gasteiger partial charge < -0.3 is 4.74 Å².